The third-order valence-corrected chi connectivity index (χ3v) is 3.12. The number of alkyl halides is 2. The van der Waals surface area contributed by atoms with Crippen molar-refractivity contribution in [3.63, 3.8) is 0 Å². The molecule has 0 spiro atoms. The predicted octanol–water partition coefficient (Wildman–Crippen LogP) is 2.88. The van der Waals surface area contributed by atoms with Crippen LogP contribution in [0.5, 0.6) is 0 Å². The minimum atomic E-state index is -2.90. The molecule has 1 fully saturated rings. The Labute approximate surface area is 123 Å². The van der Waals surface area contributed by atoms with Gasteiger partial charge in [0.15, 0.2) is 0 Å². The molecule has 21 heavy (non-hydrogen) atoms. The minimum Gasteiger partial charge on any atom is -0.466 e. The second kappa shape index (κ2) is 6.58. The molecule has 7 heteroatoms. The van der Waals surface area contributed by atoms with Crippen molar-refractivity contribution in [2.45, 2.75) is 64.5 Å². The summed E-state index contributed by atoms with van der Waals surface area (Å²) >= 11 is 0. The molecule has 1 aliphatic carbocycles. The lowest BCUT2D eigenvalue weighted by Gasteiger charge is -2.35. The van der Waals surface area contributed by atoms with Crippen LogP contribution < -0.4 is 5.32 Å². The number of carbonyl (C=O) groups is 2. The van der Waals surface area contributed by atoms with Gasteiger partial charge in [0.1, 0.15) is 5.60 Å². The van der Waals surface area contributed by atoms with Crippen LogP contribution in [0.1, 0.15) is 47.0 Å². The molecule has 2 atom stereocenters. The zero-order chi connectivity index (χ0) is 16.3. The summed E-state index contributed by atoms with van der Waals surface area (Å²) in [6.45, 7) is 6.83. The Morgan fingerprint density at radius 3 is 2.48 bits per heavy atom. The number of nitrogens with one attached hydrogen (secondary N) is 1. The molecule has 0 unspecified atom stereocenters. The quantitative estimate of drug-likeness (QED) is 0.814. The van der Waals surface area contributed by atoms with Crippen LogP contribution in [0.25, 0.3) is 0 Å². The Kier molecular flexibility index (Phi) is 5.53. The van der Waals surface area contributed by atoms with Gasteiger partial charge in [-0.3, -0.25) is 4.79 Å². The molecule has 1 aliphatic rings. The molecular formula is C14H23F2NO4. The monoisotopic (exact) mass is 307 g/mol. The molecule has 0 aromatic rings. The van der Waals surface area contributed by atoms with Gasteiger partial charge in [-0.15, -0.1) is 0 Å². The van der Waals surface area contributed by atoms with Crippen molar-refractivity contribution in [2.75, 3.05) is 6.61 Å². The van der Waals surface area contributed by atoms with E-state index in [1.807, 2.05) is 0 Å². The first-order valence-electron chi connectivity index (χ1n) is 7.08. The fraction of sp³-hybridized carbons (Fsp3) is 0.857. The molecule has 0 heterocycles. The maximum atomic E-state index is 13.5. The Morgan fingerprint density at radius 1 is 1.33 bits per heavy atom. The molecule has 0 aromatic carbocycles. The van der Waals surface area contributed by atoms with Gasteiger partial charge in [-0.05, 0) is 34.1 Å². The number of rotatable bonds is 3. The van der Waals surface area contributed by atoms with Gasteiger partial charge in [-0.1, -0.05) is 0 Å². The Morgan fingerprint density at radius 2 is 1.95 bits per heavy atom. The summed E-state index contributed by atoms with van der Waals surface area (Å²) in [5.74, 6) is -4.23. The van der Waals surface area contributed by atoms with Gasteiger partial charge in [0.05, 0.1) is 18.6 Å². The average Bonchev–Trinajstić information content (AvgIpc) is 2.25. The standard InChI is InChI=1S/C14H23F2NO4/c1-5-20-11(18)9-6-7-14(15,16)8-10(9)17-12(19)21-13(2,3)4/h9-10H,5-8H2,1-4H3,(H,17,19)/t9-,10-/m0/s1. The molecule has 5 nitrogen and oxygen atoms in total. The SMILES string of the molecule is CCOC(=O)[C@H]1CCC(F)(F)C[C@@H]1NC(=O)OC(C)(C)C. The second-order valence-corrected chi connectivity index (χ2v) is 6.21. The number of amides is 1. The summed E-state index contributed by atoms with van der Waals surface area (Å²) < 4.78 is 37.0. The van der Waals surface area contributed by atoms with E-state index in [0.29, 0.717) is 0 Å². The van der Waals surface area contributed by atoms with Crippen LogP contribution in [0.15, 0.2) is 0 Å². The Balaban J connectivity index is 2.75. The summed E-state index contributed by atoms with van der Waals surface area (Å²) in [4.78, 5) is 23.6. The molecule has 0 bridgehead atoms. The highest BCUT2D eigenvalue weighted by Gasteiger charge is 2.45. The maximum Gasteiger partial charge on any atom is 0.407 e. The molecule has 0 saturated heterocycles. The summed E-state index contributed by atoms with van der Waals surface area (Å²) in [6.07, 6.45) is -1.80. The van der Waals surface area contributed by atoms with Crippen LogP contribution >= 0.6 is 0 Å². The van der Waals surface area contributed by atoms with Gasteiger partial charge in [-0.25, -0.2) is 13.6 Å². The van der Waals surface area contributed by atoms with E-state index in [9.17, 15) is 18.4 Å². The normalized spacial score (nSPS) is 25.0. The number of alkyl carbamates (subject to hydrolysis) is 1. The number of halogens is 2. The first-order valence-corrected chi connectivity index (χ1v) is 7.08. The lowest BCUT2D eigenvalue weighted by atomic mass is 9.82. The fourth-order valence-electron chi connectivity index (χ4n) is 2.28. The highest BCUT2D eigenvalue weighted by Crippen LogP contribution is 2.37. The molecule has 0 aliphatic heterocycles. The van der Waals surface area contributed by atoms with Gasteiger partial charge in [0.25, 0.3) is 0 Å². The molecule has 0 radical (unpaired) electrons. The smallest absolute Gasteiger partial charge is 0.407 e. The number of esters is 1. The van der Waals surface area contributed by atoms with Crippen molar-refractivity contribution in [3.8, 4) is 0 Å². The molecule has 1 saturated carbocycles. The van der Waals surface area contributed by atoms with E-state index in [-0.39, 0.29) is 19.4 Å². The van der Waals surface area contributed by atoms with Gasteiger partial charge in [0, 0.05) is 12.8 Å². The largest absolute Gasteiger partial charge is 0.466 e. The summed E-state index contributed by atoms with van der Waals surface area (Å²) in [5.41, 5.74) is -0.735. The van der Waals surface area contributed by atoms with E-state index in [1.165, 1.54) is 0 Å². The van der Waals surface area contributed by atoms with Gasteiger partial charge in [-0.2, -0.15) is 0 Å². The van der Waals surface area contributed by atoms with Crippen molar-refractivity contribution >= 4 is 12.1 Å². The van der Waals surface area contributed by atoms with Crippen molar-refractivity contribution < 1.29 is 27.8 Å². The van der Waals surface area contributed by atoms with Crippen LogP contribution in [0.4, 0.5) is 13.6 Å². The third-order valence-electron chi connectivity index (χ3n) is 3.12. The maximum absolute atomic E-state index is 13.5. The Hall–Kier alpha value is -1.40. The highest BCUT2D eigenvalue weighted by atomic mass is 19.3. The summed E-state index contributed by atoms with van der Waals surface area (Å²) in [5, 5.41) is 2.38. The van der Waals surface area contributed by atoms with Crippen molar-refractivity contribution in [2.24, 2.45) is 5.92 Å². The van der Waals surface area contributed by atoms with Crippen molar-refractivity contribution in [3.05, 3.63) is 0 Å². The lowest BCUT2D eigenvalue weighted by molar-refractivity contribution is -0.153. The minimum absolute atomic E-state index is 0.0215. The summed E-state index contributed by atoms with van der Waals surface area (Å²) in [6, 6.07) is -0.984. The van der Waals surface area contributed by atoms with Crippen LogP contribution in [-0.4, -0.2) is 36.2 Å². The van der Waals surface area contributed by atoms with E-state index in [4.69, 9.17) is 9.47 Å². The van der Waals surface area contributed by atoms with Crippen molar-refractivity contribution in [1.29, 1.82) is 0 Å². The lowest BCUT2D eigenvalue weighted by Crippen LogP contribution is -2.51. The van der Waals surface area contributed by atoms with Crippen LogP contribution in [-0.2, 0) is 14.3 Å². The van der Waals surface area contributed by atoms with E-state index in [1.54, 1.807) is 27.7 Å². The van der Waals surface area contributed by atoms with Gasteiger partial charge < -0.3 is 14.8 Å². The second-order valence-electron chi connectivity index (χ2n) is 6.21. The predicted molar refractivity (Wildman–Crippen MR) is 72.1 cm³/mol. The molecule has 122 valence electrons. The van der Waals surface area contributed by atoms with E-state index >= 15 is 0 Å². The van der Waals surface area contributed by atoms with Crippen LogP contribution in [0.3, 0.4) is 0 Å². The first-order chi connectivity index (χ1) is 9.54. The van der Waals surface area contributed by atoms with E-state index < -0.39 is 42.0 Å². The average molecular weight is 307 g/mol. The number of hydrogen-bond donors (Lipinski definition) is 1. The van der Waals surface area contributed by atoms with Crippen LogP contribution in [0, 0.1) is 5.92 Å². The number of hydrogen-bond acceptors (Lipinski definition) is 4. The highest BCUT2D eigenvalue weighted by molar-refractivity contribution is 5.75. The van der Waals surface area contributed by atoms with Crippen molar-refractivity contribution in [1.82, 2.24) is 5.32 Å². The third kappa shape index (κ3) is 5.85. The zero-order valence-electron chi connectivity index (χ0n) is 12.9. The Bertz CT molecular complexity index is 393. The van der Waals surface area contributed by atoms with Gasteiger partial charge >= 0.3 is 12.1 Å². The molecule has 1 rings (SSSR count). The molecule has 1 amide bonds. The van der Waals surface area contributed by atoms with E-state index in [2.05, 4.69) is 5.32 Å². The number of ether oxygens (including phenoxy) is 2. The number of carbonyl (C=O) groups excluding carboxylic acids is 2. The summed E-state index contributed by atoms with van der Waals surface area (Å²) in [7, 11) is 0. The van der Waals surface area contributed by atoms with Crippen LogP contribution in [0.2, 0.25) is 0 Å². The first kappa shape index (κ1) is 17.7. The van der Waals surface area contributed by atoms with Gasteiger partial charge in [0.2, 0.25) is 5.92 Å². The van der Waals surface area contributed by atoms with E-state index in [0.717, 1.165) is 0 Å². The fourth-order valence-corrected chi connectivity index (χ4v) is 2.28. The molecular weight excluding hydrogens is 284 g/mol. The molecule has 0 aromatic heterocycles. The zero-order valence-corrected chi connectivity index (χ0v) is 12.9. The molecule has 1 N–H and O–H groups in total. The topological polar surface area (TPSA) is 64.6 Å².